The minimum Gasteiger partial charge on any atom is -0.392 e. The first kappa shape index (κ1) is 15.0. The molecule has 0 aliphatic heterocycles. The summed E-state index contributed by atoms with van der Waals surface area (Å²) in [4.78, 5) is 0. The molecule has 1 N–H and O–H groups in total. The van der Waals surface area contributed by atoms with Crippen LogP contribution in [0.3, 0.4) is 0 Å². The molecule has 16 heavy (non-hydrogen) atoms. The summed E-state index contributed by atoms with van der Waals surface area (Å²) in [5.74, 6) is 6.41. The van der Waals surface area contributed by atoms with Crippen molar-refractivity contribution in [3.63, 3.8) is 0 Å². The smallest absolute Gasteiger partial charge is 0.0686 e. The highest BCUT2D eigenvalue weighted by atomic mass is 16.2. The van der Waals surface area contributed by atoms with Crippen LogP contribution in [-0.2, 0) is 0 Å². The van der Waals surface area contributed by atoms with Crippen LogP contribution in [0.2, 0.25) is 0 Å². The zero-order valence-electron chi connectivity index (χ0n) is 10.5. The molecular weight excluding hydrogens is 196 g/mol. The predicted octanol–water partition coefficient (Wildman–Crippen LogP) is 3.83. The van der Waals surface area contributed by atoms with Gasteiger partial charge in [-0.15, -0.1) is 17.6 Å². The summed E-state index contributed by atoms with van der Waals surface area (Å²) in [6.45, 7) is 2.30. The van der Waals surface area contributed by atoms with Crippen LogP contribution in [0.4, 0.5) is 0 Å². The van der Waals surface area contributed by atoms with Gasteiger partial charge in [0.2, 0.25) is 0 Å². The van der Waals surface area contributed by atoms with Gasteiger partial charge in [-0.25, -0.2) is 0 Å². The first-order chi connectivity index (χ1) is 7.91. The highest BCUT2D eigenvalue weighted by Gasteiger charge is 1.84. The summed E-state index contributed by atoms with van der Waals surface area (Å²) in [7, 11) is 0. The van der Waals surface area contributed by atoms with E-state index >= 15 is 0 Å². The van der Waals surface area contributed by atoms with Crippen molar-refractivity contribution in [1.29, 1.82) is 0 Å². The van der Waals surface area contributed by atoms with Crippen LogP contribution in [0.1, 0.15) is 58.3 Å². The summed E-state index contributed by atoms with van der Waals surface area (Å²) in [6.07, 6.45) is 12.9. The Kier molecular flexibility index (Phi) is 13.2. The van der Waals surface area contributed by atoms with E-state index in [0.717, 1.165) is 25.7 Å². The van der Waals surface area contributed by atoms with Crippen LogP contribution in [0, 0.1) is 11.8 Å². The largest absolute Gasteiger partial charge is 0.392 e. The first-order valence-electron chi connectivity index (χ1n) is 6.37. The predicted molar refractivity (Wildman–Crippen MR) is 70.1 cm³/mol. The molecule has 0 bridgehead atoms. The Balaban J connectivity index is 3.24. The molecule has 0 atom stereocenters. The lowest BCUT2D eigenvalue weighted by molar-refractivity contribution is 0.343. The zero-order valence-corrected chi connectivity index (χ0v) is 10.5. The topological polar surface area (TPSA) is 20.2 Å². The maximum atomic E-state index is 8.47. The van der Waals surface area contributed by atoms with Crippen LogP contribution in [0.25, 0.3) is 0 Å². The molecule has 1 heteroatoms. The Bertz CT molecular complexity index is 248. The summed E-state index contributed by atoms with van der Waals surface area (Å²) in [5, 5.41) is 8.47. The van der Waals surface area contributed by atoms with Crippen LogP contribution in [0.15, 0.2) is 17.9 Å². The van der Waals surface area contributed by atoms with Crippen molar-refractivity contribution in [2.24, 2.45) is 0 Å². The Morgan fingerprint density at radius 3 is 2.38 bits per heavy atom. The Labute approximate surface area is 100 Å². The molecule has 0 aliphatic carbocycles. The SMILES string of the molecule is CCCCCCC#CCCCC=C=CCO. The summed E-state index contributed by atoms with van der Waals surface area (Å²) in [6, 6.07) is 0. The molecule has 0 spiro atoms. The van der Waals surface area contributed by atoms with Crippen molar-refractivity contribution >= 4 is 0 Å². The van der Waals surface area contributed by atoms with Crippen LogP contribution in [0.5, 0.6) is 0 Å². The number of rotatable bonds is 8. The molecule has 0 aromatic rings. The van der Waals surface area contributed by atoms with Crippen molar-refractivity contribution in [2.45, 2.75) is 58.3 Å². The van der Waals surface area contributed by atoms with E-state index in [2.05, 4.69) is 24.5 Å². The third kappa shape index (κ3) is 13.0. The molecule has 0 saturated heterocycles. The van der Waals surface area contributed by atoms with E-state index < -0.39 is 0 Å². The number of hydrogen-bond donors (Lipinski definition) is 1. The lowest BCUT2D eigenvalue weighted by atomic mass is 10.1. The van der Waals surface area contributed by atoms with Crippen LogP contribution < -0.4 is 0 Å². The number of aliphatic hydroxyl groups is 1. The molecule has 0 radical (unpaired) electrons. The quantitative estimate of drug-likeness (QED) is 0.374. The summed E-state index contributed by atoms with van der Waals surface area (Å²) < 4.78 is 0. The lowest BCUT2D eigenvalue weighted by Gasteiger charge is -1.91. The molecule has 0 aromatic heterocycles. The second-order valence-electron chi connectivity index (χ2n) is 3.81. The molecule has 90 valence electrons. The fourth-order valence-electron chi connectivity index (χ4n) is 1.33. The van der Waals surface area contributed by atoms with Gasteiger partial charge in [0, 0.05) is 12.8 Å². The number of unbranched alkanes of at least 4 members (excludes halogenated alkanes) is 6. The molecule has 0 rings (SSSR count). The second kappa shape index (κ2) is 14.0. The summed E-state index contributed by atoms with van der Waals surface area (Å²) >= 11 is 0. The van der Waals surface area contributed by atoms with Crippen molar-refractivity contribution in [3.8, 4) is 11.8 Å². The normalized spacial score (nSPS) is 8.88. The van der Waals surface area contributed by atoms with Gasteiger partial charge in [0.15, 0.2) is 0 Å². The third-order valence-electron chi connectivity index (χ3n) is 2.26. The maximum absolute atomic E-state index is 8.47. The Hall–Kier alpha value is -0.960. The van der Waals surface area contributed by atoms with Crippen molar-refractivity contribution in [1.82, 2.24) is 0 Å². The maximum Gasteiger partial charge on any atom is 0.0686 e. The van der Waals surface area contributed by atoms with Crippen molar-refractivity contribution in [3.05, 3.63) is 17.9 Å². The minimum absolute atomic E-state index is 0.0774. The first-order valence-corrected chi connectivity index (χ1v) is 6.37. The number of hydrogen-bond acceptors (Lipinski definition) is 1. The van der Waals surface area contributed by atoms with Crippen molar-refractivity contribution < 1.29 is 5.11 Å². The van der Waals surface area contributed by atoms with Crippen LogP contribution in [-0.4, -0.2) is 11.7 Å². The van der Waals surface area contributed by atoms with Gasteiger partial charge in [-0.1, -0.05) is 26.2 Å². The molecule has 0 fully saturated rings. The van der Waals surface area contributed by atoms with Crippen LogP contribution >= 0.6 is 0 Å². The minimum atomic E-state index is 0.0774. The van der Waals surface area contributed by atoms with Gasteiger partial charge in [-0.2, -0.15) is 0 Å². The average Bonchev–Trinajstić information content (AvgIpc) is 2.31. The van der Waals surface area contributed by atoms with Gasteiger partial charge in [0.1, 0.15) is 0 Å². The van der Waals surface area contributed by atoms with E-state index in [1.165, 1.54) is 25.7 Å². The summed E-state index contributed by atoms with van der Waals surface area (Å²) in [5.41, 5.74) is 2.91. The third-order valence-corrected chi connectivity index (χ3v) is 2.26. The van der Waals surface area contributed by atoms with Gasteiger partial charge >= 0.3 is 0 Å². The van der Waals surface area contributed by atoms with E-state index in [1.54, 1.807) is 6.08 Å². The van der Waals surface area contributed by atoms with E-state index in [1.807, 2.05) is 6.08 Å². The monoisotopic (exact) mass is 220 g/mol. The standard InChI is InChI=1S/C15H24O/c1-2-3-4-5-6-7-8-9-10-11-12-13-14-15-16/h12,14,16H,2-6,9-11,15H2,1H3. The van der Waals surface area contributed by atoms with Crippen molar-refractivity contribution in [2.75, 3.05) is 6.61 Å². The van der Waals surface area contributed by atoms with E-state index in [0.29, 0.717) is 0 Å². The average molecular weight is 220 g/mol. The van der Waals surface area contributed by atoms with E-state index in [4.69, 9.17) is 5.11 Å². The lowest BCUT2D eigenvalue weighted by Crippen LogP contribution is -1.74. The van der Waals surface area contributed by atoms with E-state index in [9.17, 15) is 0 Å². The molecule has 0 amide bonds. The van der Waals surface area contributed by atoms with Gasteiger partial charge in [0.25, 0.3) is 0 Å². The fourth-order valence-corrected chi connectivity index (χ4v) is 1.33. The number of aliphatic hydroxyl groups excluding tert-OH is 1. The molecular formula is C15H24O. The van der Waals surface area contributed by atoms with Gasteiger partial charge in [-0.3, -0.25) is 0 Å². The van der Waals surface area contributed by atoms with Gasteiger partial charge < -0.3 is 5.11 Å². The molecule has 1 nitrogen and oxygen atoms in total. The molecule has 0 unspecified atom stereocenters. The van der Waals surface area contributed by atoms with Gasteiger partial charge in [0.05, 0.1) is 6.61 Å². The molecule has 0 heterocycles. The molecule has 0 saturated carbocycles. The molecule has 0 aliphatic rings. The Morgan fingerprint density at radius 2 is 1.69 bits per heavy atom. The molecule has 0 aromatic carbocycles. The zero-order chi connectivity index (χ0) is 11.9. The fraction of sp³-hybridized carbons (Fsp3) is 0.667. The van der Waals surface area contributed by atoms with Gasteiger partial charge in [-0.05, 0) is 31.4 Å². The Morgan fingerprint density at radius 1 is 0.938 bits per heavy atom. The van der Waals surface area contributed by atoms with E-state index in [-0.39, 0.29) is 6.61 Å². The second-order valence-corrected chi connectivity index (χ2v) is 3.81. The highest BCUT2D eigenvalue weighted by Crippen LogP contribution is 2.01. The highest BCUT2D eigenvalue weighted by molar-refractivity contribution is 4.99.